The Hall–Kier alpha value is -0.810. The van der Waals surface area contributed by atoms with E-state index >= 15 is 0 Å². The average molecular weight is 187 g/mol. The van der Waals surface area contributed by atoms with Crippen molar-refractivity contribution >= 4 is 5.84 Å². The molecule has 1 rings (SSSR count). The van der Waals surface area contributed by atoms with Gasteiger partial charge < -0.3 is 16.0 Å². The first-order valence-corrected chi connectivity index (χ1v) is 4.47. The van der Waals surface area contributed by atoms with Crippen LogP contribution < -0.4 is 5.73 Å². The van der Waals surface area contributed by atoms with Crippen molar-refractivity contribution in [1.82, 2.24) is 4.90 Å². The molecule has 2 atom stereocenters. The molecule has 1 aliphatic rings. The van der Waals surface area contributed by atoms with E-state index < -0.39 is 0 Å². The highest BCUT2D eigenvalue weighted by Crippen LogP contribution is 2.21. The molecule has 0 aliphatic carbocycles. The lowest BCUT2D eigenvalue weighted by Crippen LogP contribution is -2.32. The van der Waals surface area contributed by atoms with Crippen molar-refractivity contribution in [2.45, 2.75) is 6.92 Å². The number of aliphatic hydroxyl groups excluding tert-OH is 1. The lowest BCUT2D eigenvalue weighted by atomic mass is 10.00. The summed E-state index contributed by atoms with van der Waals surface area (Å²) in [5.74, 6) is 1.04. The van der Waals surface area contributed by atoms with Crippen LogP contribution in [0.2, 0.25) is 0 Å². The first-order valence-electron chi connectivity index (χ1n) is 4.47. The van der Waals surface area contributed by atoms with Crippen LogP contribution in [0, 0.1) is 11.8 Å². The van der Waals surface area contributed by atoms with E-state index in [1.807, 2.05) is 0 Å². The van der Waals surface area contributed by atoms with Gasteiger partial charge in [0.15, 0.2) is 5.84 Å². The molecule has 0 saturated carbocycles. The van der Waals surface area contributed by atoms with E-state index in [4.69, 9.17) is 16.0 Å². The number of amidine groups is 1. The zero-order valence-corrected chi connectivity index (χ0v) is 7.85. The highest BCUT2D eigenvalue weighted by Gasteiger charge is 2.28. The molecule has 13 heavy (non-hydrogen) atoms. The van der Waals surface area contributed by atoms with E-state index in [2.05, 4.69) is 17.0 Å². The molecular weight excluding hydrogens is 170 g/mol. The Kier molecular flexibility index (Phi) is 3.50. The highest BCUT2D eigenvalue weighted by molar-refractivity contribution is 5.81. The summed E-state index contributed by atoms with van der Waals surface area (Å²) in [6.45, 7) is 4.54. The summed E-state index contributed by atoms with van der Waals surface area (Å²) in [7, 11) is 0. The molecule has 4 N–H and O–H groups in total. The summed E-state index contributed by atoms with van der Waals surface area (Å²) < 4.78 is 0. The Labute approximate surface area is 77.8 Å². The molecular formula is C8H17N3O2. The number of rotatable bonds is 3. The smallest absolute Gasteiger partial charge is 0.153 e. The maximum atomic E-state index is 9.01. The van der Waals surface area contributed by atoms with Crippen molar-refractivity contribution in [1.29, 1.82) is 0 Å². The fraction of sp³-hybridized carbons (Fsp3) is 0.875. The van der Waals surface area contributed by atoms with E-state index in [9.17, 15) is 0 Å². The predicted molar refractivity (Wildman–Crippen MR) is 49.6 cm³/mol. The lowest BCUT2D eigenvalue weighted by molar-refractivity contribution is 0.207. The average Bonchev–Trinajstić information content (AvgIpc) is 2.46. The molecule has 0 unspecified atom stereocenters. The van der Waals surface area contributed by atoms with Gasteiger partial charge in [-0.15, -0.1) is 0 Å². The summed E-state index contributed by atoms with van der Waals surface area (Å²) in [6, 6.07) is 0. The largest absolute Gasteiger partial charge is 0.409 e. The maximum Gasteiger partial charge on any atom is 0.153 e. The van der Waals surface area contributed by atoms with Gasteiger partial charge in [0.2, 0.25) is 0 Å². The number of nitrogens with zero attached hydrogens (tertiary/aromatic N) is 2. The zero-order valence-electron chi connectivity index (χ0n) is 7.85. The van der Waals surface area contributed by atoms with Gasteiger partial charge in [-0.05, 0) is 11.8 Å². The minimum Gasteiger partial charge on any atom is -0.409 e. The third-order valence-corrected chi connectivity index (χ3v) is 2.59. The normalized spacial score (nSPS) is 31.1. The first-order chi connectivity index (χ1) is 6.17. The topological polar surface area (TPSA) is 82.1 Å². The van der Waals surface area contributed by atoms with Gasteiger partial charge in [0.25, 0.3) is 0 Å². The zero-order chi connectivity index (χ0) is 9.84. The number of hydrogen-bond acceptors (Lipinski definition) is 4. The maximum absolute atomic E-state index is 9.01. The van der Waals surface area contributed by atoms with Crippen LogP contribution in [-0.2, 0) is 0 Å². The van der Waals surface area contributed by atoms with Gasteiger partial charge in [0.05, 0.1) is 6.54 Å². The van der Waals surface area contributed by atoms with Crippen LogP contribution in [-0.4, -0.2) is 47.3 Å². The van der Waals surface area contributed by atoms with E-state index in [1.165, 1.54) is 0 Å². The summed E-state index contributed by atoms with van der Waals surface area (Å²) in [4.78, 5) is 2.08. The van der Waals surface area contributed by atoms with Crippen LogP contribution in [0.5, 0.6) is 0 Å². The first kappa shape index (κ1) is 10.3. The molecule has 0 radical (unpaired) electrons. The van der Waals surface area contributed by atoms with Crippen LogP contribution >= 0.6 is 0 Å². The highest BCUT2D eigenvalue weighted by atomic mass is 16.4. The standard InChI is InChI=1S/C8H17N3O2/c1-6-2-11(3-7(6)5-12)4-8(9)10-13/h6-7,12-13H,2-5H2,1H3,(H2,9,10)/t6-,7-/m0/s1. The Morgan fingerprint density at radius 3 is 2.77 bits per heavy atom. The quantitative estimate of drug-likeness (QED) is 0.236. The Morgan fingerprint density at radius 1 is 1.62 bits per heavy atom. The second kappa shape index (κ2) is 4.43. The molecule has 0 spiro atoms. The van der Waals surface area contributed by atoms with Gasteiger partial charge in [-0.2, -0.15) is 0 Å². The molecule has 76 valence electrons. The molecule has 5 nitrogen and oxygen atoms in total. The molecule has 0 bridgehead atoms. The van der Waals surface area contributed by atoms with Crippen LogP contribution in [0.3, 0.4) is 0 Å². The van der Waals surface area contributed by atoms with E-state index in [0.29, 0.717) is 18.4 Å². The second-order valence-electron chi connectivity index (χ2n) is 3.71. The van der Waals surface area contributed by atoms with E-state index in [1.54, 1.807) is 0 Å². The van der Waals surface area contributed by atoms with Crippen molar-refractivity contribution in [3.8, 4) is 0 Å². The molecule has 1 saturated heterocycles. The molecule has 1 fully saturated rings. The van der Waals surface area contributed by atoms with Crippen molar-refractivity contribution in [2.75, 3.05) is 26.2 Å². The molecule has 0 aromatic carbocycles. The van der Waals surface area contributed by atoms with Gasteiger partial charge >= 0.3 is 0 Å². The van der Waals surface area contributed by atoms with Crippen molar-refractivity contribution in [3.63, 3.8) is 0 Å². The number of likely N-dealkylation sites (tertiary alicyclic amines) is 1. The van der Waals surface area contributed by atoms with Crippen molar-refractivity contribution < 1.29 is 10.3 Å². The Morgan fingerprint density at radius 2 is 2.31 bits per heavy atom. The van der Waals surface area contributed by atoms with Crippen LogP contribution in [0.25, 0.3) is 0 Å². The second-order valence-corrected chi connectivity index (χ2v) is 3.71. The van der Waals surface area contributed by atoms with Gasteiger partial charge in [-0.3, -0.25) is 4.90 Å². The molecule has 0 aromatic heterocycles. The predicted octanol–water partition coefficient (Wildman–Crippen LogP) is -0.707. The SMILES string of the molecule is C[C@H]1CN(CC(N)=NO)C[C@H]1CO. The minimum absolute atomic E-state index is 0.216. The summed E-state index contributed by atoms with van der Waals surface area (Å²) >= 11 is 0. The number of nitrogens with two attached hydrogens (primary N) is 1. The Bertz CT molecular complexity index is 196. The summed E-state index contributed by atoms with van der Waals surface area (Å²) in [5.41, 5.74) is 5.38. The third-order valence-electron chi connectivity index (χ3n) is 2.59. The fourth-order valence-corrected chi connectivity index (χ4v) is 1.77. The monoisotopic (exact) mass is 187 g/mol. The van der Waals surface area contributed by atoms with E-state index in [0.717, 1.165) is 13.1 Å². The molecule has 5 heteroatoms. The summed E-state index contributed by atoms with van der Waals surface area (Å²) in [6.07, 6.45) is 0. The Balaban J connectivity index is 2.40. The molecule has 0 amide bonds. The number of hydrogen-bond donors (Lipinski definition) is 3. The van der Waals surface area contributed by atoms with Gasteiger partial charge in [-0.25, -0.2) is 0 Å². The van der Waals surface area contributed by atoms with Crippen molar-refractivity contribution in [2.24, 2.45) is 22.7 Å². The molecule has 1 heterocycles. The van der Waals surface area contributed by atoms with Crippen LogP contribution in [0.4, 0.5) is 0 Å². The fourth-order valence-electron chi connectivity index (χ4n) is 1.77. The lowest BCUT2D eigenvalue weighted by Gasteiger charge is -2.13. The summed E-state index contributed by atoms with van der Waals surface area (Å²) in [5, 5.41) is 20.3. The van der Waals surface area contributed by atoms with Crippen LogP contribution in [0.15, 0.2) is 5.16 Å². The number of aliphatic hydroxyl groups is 1. The number of oxime groups is 1. The van der Waals surface area contributed by atoms with Crippen LogP contribution in [0.1, 0.15) is 6.92 Å². The third kappa shape index (κ3) is 2.57. The van der Waals surface area contributed by atoms with E-state index in [-0.39, 0.29) is 12.4 Å². The molecule has 1 aliphatic heterocycles. The van der Waals surface area contributed by atoms with Crippen molar-refractivity contribution in [3.05, 3.63) is 0 Å². The molecule has 0 aromatic rings. The van der Waals surface area contributed by atoms with Gasteiger partial charge in [-0.1, -0.05) is 12.1 Å². The van der Waals surface area contributed by atoms with Gasteiger partial charge in [0.1, 0.15) is 0 Å². The minimum atomic E-state index is 0.216. The van der Waals surface area contributed by atoms with Gasteiger partial charge in [0, 0.05) is 19.7 Å².